The van der Waals surface area contributed by atoms with Crippen LogP contribution in [0.2, 0.25) is 0 Å². The van der Waals surface area contributed by atoms with Gasteiger partial charge in [-0.1, -0.05) is 6.92 Å². The van der Waals surface area contributed by atoms with Crippen LogP contribution in [0.4, 0.5) is 0 Å². The third-order valence-electron chi connectivity index (χ3n) is 2.19. The standard InChI is InChI=1S/C10H17N3O2/c1-2-4-8(14)5-3-6-9(11)10-13-12-7-15-10/h7,9H,2-6,11H2,1H3/t9-/m0/s1. The summed E-state index contributed by atoms with van der Waals surface area (Å²) in [7, 11) is 0. The topological polar surface area (TPSA) is 82.0 Å². The summed E-state index contributed by atoms with van der Waals surface area (Å²) in [4.78, 5) is 11.2. The number of carbonyl (C=O) groups is 1. The molecule has 0 aliphatic heterocycles. The second kappa shape index (κ2) is 6.29. The molecular formula is C10H17N3O2. The van der Waals surface area contributed by atoms with E-state index in [-0.39, 0.29) is 6.04 Å². The number of hydrogen-bond donors (Lipinski definition) is 1. The van der Waals surface area contributed by atoms with Crippen LogP contribution in [0.15, 0.2) is 10.8 Å². The van der Waals surface area contributed by atoms with Crippen molar-refractivity contribution in [2.45, 2.75) is 45.1 Å². The lowest BCUT2D eigenvalue weighted by molar-refractivity contribution is -0.119. The number of nitrogens with zero attached hydrogens (tertiary/aromatic N) is 2. The van der Waals surface area contributed by atoms with Gasteiger partial charge in [-0.15, -0.1) is 10.2 Å². The van der Waals surface area contributed by atoms with Crippen molar-refractivity contribution in [3.8, 4) is 0 Å². The number of nitrogens with two attached hydrogens (primary N) is 1. The Balaban J connectivity index is 2.18. The average molecular weight is 211 g/mol. The van der Waals surface area contributed by atoms with Crippen molar-refractivity contribution in [1.29, 1.82) is 0 Å². The van der Waals surface area contributed by atoms with Crippen LogP contribution in [0.1, 0.15) is 51.0 Å². The fraction of sp³-hybridized carbons (Fsp3) is 0.700. The summed E-state index contributed by atoms with van der Waals surface area (Å²) in [5.74, 6) is 0.744. The van der Waals surface area contributed by atoms with E-state index in [1.165, 1.54) is 6.39 Å². The van der Waals surface area contributed by atoms with Gasteiger partial charge in [0.1, 0.15) is 5.78 Å². The SMILES string of the molecule is CCCC(=O)CCC[C@H](N)c1nnco1. The van der Waals surface area contributed by atoms with Gasteiger partial charge in [0.2, 0.25) is 12.3 Å². The van der Waals surface area contributed by atoms with Gasteiger partial charge in [0.05, 0.1) is 6.04 Å². The van der Waals surface area contributed by atoms with E-state index < -0.39 is 0 Å². The van der Waals surface area contributed by atoms with Crippen molar-refractivity contribution in [3.05, 3.63) is 12.3 Å². The summed E-state index contributed by atoms with van der Waals surface area (Å²) in [5.41, 5.74) is 5.79. The molecule has 0 unspecified atom stereocenters. The Morgan fingerprint density at radius 3 is 3.00 bits per heavy atom. The zero-order valence-electron chi connectivity index (χ0n) is 8.98. The van der Waals surface area contributed by atoms with E-state index in [1.807, 2.05) is 6.92 Å². The molecule has 0 saturated carbocycles. The molecule has 1 rings (SSSR count). The Bertz CT molecular complexity index is 285. The van der Waals surface area contributed by atoms with E-state index in [1.54, 1.807) is 0 Å². The lowest BCUT2D eigenvalue weighted by Gasteiger charge is -2.05. The second-order valence-electron chi connectivity index (χ2n) is 3.56. The highest BCUT2D eigenvalue weighted by Gasteiger charge is 2.11. The number of hydrogen-bond acceptors (Lipinski definition) is 5. The van der Waals surface area contributed by atoms with Crippen molar-refractivity contribution in [3.63, 3.8) is 0 Å². The molecule has 5 nitrogen and oxygen atoms in total. The molecule has 84 valence electrons. The number of Topliss-reactive ketones (excluding diaryl/α,β-unsaturated/α-hetero) is 1. The minimum Gasteiger partial charge on any atom is -0.426 e. The van der Waals surface area contributed by atoms with Crippen LogP contribution >= 0.6 is 0 Å². The van der Waals surface area contributed by atoms with Crippen LogP contribution in [0.5, 0.6) is 0 Å². The first kappa shape index (κ1) is 11.8. The van der Waals surface area contributed by atoms with Gasteiger partial charge in [-0.05, 0) is 19.3 Å². The van der Waals surface area contributed by atoms with Gasteiger partial charge >= 0.3 is 0 Å². The third-order valence-corrected chi connectivity index (χ3v) is 2.19. The van der Waals surface area contributed by atoms with Crippen LogP contribution in [0, 0.1) is 0 Å². The zero-order valence-corrected chi connectivity index (χ0v) is 8.98. The number of rotatable bonds is 7. The molecule has 1 heterocycles. The molecule has 0 bridgehead atoms. The number of carbonyl (C=O) groups excluding carboxylic acids is 1. The first-order valence-corrected chi connectivity index (χ1v) is 5.27. The molecule has 5 heteroatoms. The van der Waals surface area contributed by atoms with Gasteiger partial charge in [-0.25, -0.2) is 0 Å². The van der Waals surface area contributed by atoms with Gasteiger partial charge in [-0.2, -0.15) is 0 Å². The third kappa shape index (κ3) is 4.20. The predicted octanol–water partition coefficient (Wildman–Crippen LogP) is 1.61. The van der Waals surface area contributed by atoms with Crippen LogP contribution in [0.25, 0.3) is 0 Å². The highest BCUT2D eigenvalue weighted by Crippen LogP contribution is 2.14. The largest absolute Gasteiger partial charge is 0.426 e. The molecule has 0 radical (unpaired) electrons. The minimum absolute atomic E-state index is 0.248. The highest BCUT2D eigenvalue weighted by atomic mass is 16.4. The maximum absolute atomic E-state index is 11.2. The number of aromatic nitrogens is 2. The maximum atomic E-state index is 11.2. The summed E-state index contributed by atoms with van der Waals surface area (Å²) in [5, 5.41) is 7.28. The second-order valence-corrected chi connectivity index (χ2v) is 3.56. The normalized spacial score (nSPS) is 12.7. The lowest BCUT2D eigenvalue weighted by atomic mass is 10.1. The van der Waals surface area contributed by atoms with Gasteiger partial charge in [-0.3, -0.25) is 4.79 Å². The predicted molar refractivity (Wildman–Crippen MR) is 55.0 cm³/mol. The molecule has 1 aromatic heterocycles. The van der Waals surface area contributed by atoms with Gasteiger partial charge < -0.3 is 10.2 Å². The minimum atomic E-state index is -0.248. The Kier molecular flexibility index (Phi) is 4.97. The van der Waals surface area contributed by atoms with Crippen LogP contribution < -0.4 is 5.73 Å². The van der Waals surface area contributed by atoms with Gasteiger partial charge in [0.15, 0.2) is 0 Å². The first-order chi connectivity index (χ1) is 7.24. The smallest absolute Gasteiger partial charge is 0.232 e. The molecule has 0 saturated heterocycles. The molecule has 0 aliphatic carbocycles. The maximum Gasteiger partial charge on any atom is 0.232 e. The van der Waals surface area contributed by atoms with E-state index in [9.17, 15) is 4.79 Å². The Labute approximate surface area is 89.1 Å². The van der Waals surface area contributed by atoms with Gasteiger partial charge in [0, 0.05) is 12.8 Å². The highest BCUT2D eigenvalue weighted by molar-refractivity contribution is 5.78. The Hall–Kier alpha value is -1.23. The van der Waals surface area contributed by atoms with E-state index >= 15 is 0 Å². The Morgan fingerprint density at radius 2 is 2.40 bits per heavy atom. The fourth-order valence-corrected chi connectivity index (χ4v) is 1.39. The van der Waals surface area contributed by atoms with E-state index in [0.29, 0.717) is 30.9 Å². The van der Waals surface area contributed by atoms with Crippen LogP contribution in [-0.2, 0) is 4.79 Å². The molecule has 0 amide bonds. The molecule has 2 N–H and O–H groups in total. The van der Waals surface area contributed by atoms with Crippen molar-refractivity contribution in [1.82, 2.24) is 10.2 Å². The van der Waals surface area contributed by atoms with Crippen LogP contribution in [-0.4, -0.2) is 16.0 Å². The molecule has 0 aromatic carbocycles. The molecule has 1 atom stereocenters. The summed E-state index contributed by atoms with van der Waals surface area (Å²) in [6.07, 6.45) is 4.91. The van der Waals surface area contributed by atoms with Crippen molar-refractivity contribution < 1.29 is 9.21 Å². The molecule has 0 spiro atoms. The van der Waals surface area contributed by atoms with Gasteiger partial charge in [0.25, 0.3) is 0 Å². The Morgan fingerprint density at radius 1 is 1.60 bits per heavy atom. The summed E-state index contributed by atoms with van der Waals surface area (Å²) in [6.45, 7) is 2.00. The van der Waals surface area contributed by atoms with E-state index in [4.69, 9.17) is 10.2 Å². The van der Waals surface area contributed by atoms with E-state index in [0.717, 1.165) is 12.8 Å². The van der Waals surface area contributed by atoms with E-state index in [2.05, 4.69) is 10.2 Å². The van der Waals surface area contributed by atoms with Crippen molar-refractivity contribution in [2.75, 3.05) is 0 Å². The molecule has 15 heavy (non-hydrogen) atoms. The zero-order chi connectivity index (χ0) is 11.1. The number of ketones is 1. The monoisotopic (exact) mass is 211 g/mol. The fourth-order valence-electron chi connectivity index (χ4n) is 1.39. The summed E-state index contributed by atoms with van der Waals surface area (Å²) >= 11 is 0. The molecule has 0 fully saturated rings. The average Bonchev–Trinajstić information content (AvgIpc) is 2.70. The van der Waals surface area contributed by atoms with Crippen molar-refractivity contribution >= 4 is 5.78 Å². The van der Waals surface area contributed by atoms with Crippen LogP contribution in [0.3, 0.4) is 0 Å². The molecular weight excluding hydrogens is 194 g/mol. The summed E-state index contributed by atoms with van der Waals surface area (Å²) in [6, 6.07) is -0.248. The lowest BCUT2D eigenvalue weighted by Crippen LogP contribution is -2.11. The summed E-state index contributed by atoms with van der Waals surface area (Å²) < 4.78 is 4.97. The molecule has 1 aromatic rings. The first-order valence-electron chi connectivity index (χ1n) is 5.27. The molecule has 0 aliphatic rings. The van der Waals surface area contributed by atoms with Crippen molar-refractivity contribution in [2.24, 2.45) is 5.73 Å². The quantitative estimate of drug-likeness (QED) is 0.740.